The molecule has 90 valence electrons. The van der Waals surface area contributed by atoms with E-state index in [2.05, 4.69) is 11.8 Å². The molecule has 0 aliphatic rings. The van der Waals surface area contributed by atoms with Crippen LogP contribution in [0.5, 0.6) is 23.0 Å². The second-order valence-corrected chi connectivity index (χ2v) is 3.61. The number of hydrogen-bond donors (Lipinski definition) is 4. The Morgan fingerprint density at radius 3 is 2.06 bits per heavy atom. The number of phenols is 4. The van der Waals surface area contributed by atoms with Crippen molar-refractivity contribution < 1.29 is 20.4 Å². The molecule has 0 bridgehead atoms. The van der Waals surface area contributed by atoms with Crippen LogP contribution in [-0.2, 0) is 0 Å². The topological polar surface area (TPSA) is 80.9 Å². The molecule has 4 nitrogen and oxygen atoms in total. The van der Waals surface area contributed by atoms with Crippen molar-refractivity contribution in [3.05, 3.63) is 47.5 Å². The zero-order valence-electron chi connectivity index (χ0n) is 9.25. The highest BCUT2D eigenvalue weighted by Crippen LogP contribution is 2.43. The first-order valence-corrected chi connectivity index (χ1v) is 5.13. The van der Waals surface area contributed by atoms with Gasteiger partial charge in [0.05, 0.1) is 5.56 Å². The van der Waals surface area contributed by atoms with Gasteiger partial charge in [0.2, 0.25) is 11.5 Å². The largest absolute Gasteiger partial charge is 0.504 e. The molecule has 0 aromatic heterocycles. The third-order valence-corrected chi connectivity index (χ3v) is 2.34. The lowest BCUT2D eigenvalue weighted by atomic mass is 10.1. The first-order valence-electron chi connectivity index (χ1n) is 5.13. The predicted octanol–water partition coefficient (Wildman–Crippen LogP) is 1.91. The molecular weight excluding hydrogens is 232 g/mol. The molecule has 0 heterocycles. The summed E-state index contributed by atoms with van der Waals surface area (Å²) in [5, 5.41) is 37.4. The molecule has 0 fully saturated rings. The summed E-state index contributed by atoms with van der Waals surface area (Å²) in [6.07, 6.45) is 0. The van der Waals surface area contributed by atoms with Gasteiger partial charge in [0.15, 0.2) is 11.5 Å². The van der Waals surface area contributed by atoms with Crippen LogP contribution < -0.4 is 0 Å². The Morgan fingerprint density at radius 2 is 1.39 bits per heavy atom. The Hall–Kier alpha value is -2.80. The number of rotatable bonds is 0. The van der Waals surface area contributed by atoms with Crippen molar-refractivity contribution >= 4 is 0 Å². The van der Waals surface area contributed by atoms with E-state index in [0.717, 1.165) is 11.6 Å². The van der Waals surface area contributed by atoms with E-state index >= 15 is 0 Å². The fourth-order valence-electron chi connectivity index (χ4n) is 1.39. The summed E-state index contributed by atoms with van der Waals surface area (Å²) in [4.78, 5) is 0. The first kappa shape index (κ1) is 11.7. The quantitative estimate of drug-likeness (QED) is 0.323. The number of aromatic hydroxyl groups is 4. The molecule has 2 aromatic rings. The Balaban J connectivity index is 2.46. The van der Waals surface area contributed by atoms with Crippen molar-refractivity contribution in [2.24, 2.45) is 0 Å². The van der Waals surface area contributed by atoms with E-state index in [1.807, 2.05) is 18.2 Å². The third kappa shape index (κ3) is 2.15. The van der Waals surface area contributed by atoms with E-state index in [1.165, 1.54) is 0 Å². The molecule has 0 aliphatic heterocycles. The van der Waals surface area contributed by atoms with Crippen LogP contribution in [0, 0.1) is 11.8 Å². The lowest BCUT2D eigenvalue weighted by Crippen LogP contribution is -1.81. The lowest BCUT2D eigenvalue weighted by molar-refractivity contribution is 0.345. The maximum atomic E-state index is 9.56. The Kier molecular flexibility index (Phi) is 2.98. The molecule has 0 saturated heterocycles. The van der Waals surface area contributed by atoms with Crippen LogP contribution >= 0.6 is 0 Å². The fourth-order valence-corrected chi connectivity index (χ4v) is 1.39. The molecule has 0 aliphatic carbocycles. The molecule has 0 radical (unpaired) electrons. The zero-order valence-corrected chi connectivity index (χ0v) is 9.25. The highest BCUT2D eigenvalue weighted by molar-refractivity contribution is 5.64. The van der Waals surface area contributed by atoms with Gasteiger partial charge >= 0.3 is 0 Å². The Morgan fingerprint density at radius 1 is 0.722 bits per heavy atom. The van der Waals surface area contributed by atoms with Crippen molar-refractivity contribution in [1.29, 1.82) is 0 Å². The maximum absolute atomic E-state index is 9.56. The summed E-state index contributed by atoms with van der Waals surface area (Å²) < 4.78 is 0. The van der Waals surface area contributed by atoms with Crippen LogP contribution in [0.4, 0.5) is 0 Å². The van der Waals surface area contributed by atoms with Crippen molar-refractivity contribution in [2.75, 3.05) is 0 Å². The Labute approximate surface area is 103 Å². The average molecular weight is 242 g/mol. The summed E-state index contributed by atoms with van der Waals surface area (Å²) in [7, 11) is 0. The number of phenolic OH excluding ortho intramolecular Hbond substituents is 4. The van der Waals surface area contributed by atoms with Crippen molar-refractivity contribution in [3.8, 4) is 34.8 Å². The first-order chi connectivity index (χ1) is 8.59. The number of hydrogen-bond acceptors (Lipinski definition) is 4. The molecule has 4 N–H and O–H groups in total. The predicted molar refractivity (Wildman–Crippen MR) is 65.5 cm³/mol. The van der Waals surface area contributed by atoms with Crippen LogP contribution in [0.25, 0.3) is 0 Å². The Bertz CT molecular complexity index is 636. The van der Waals surface area contributed by atoms with E-state index in [4.69, 9.17) is 0 Å². The van der Waals surface area contributed by atoms with Gasteiger partial charge < -0.3 is 20.4 Å². The van der Waals surface area contributed by atoms with Gasteiger partial charge in [-0.05, 0) is 12.1 Å². The molecule has 0 amide bonds. The molecule has 0 atom stereocenters. The summed E-state index contributed by atoms with van der Waals surface area (Å²) in [5.41, 5.74) is 0.760. The van der Waals surface area contributed by atoms with E-state index < -0.39 is 23.0 Å². The highest BCUT2D eigenvalue weighted by atomic mass is 16.3. The molecule has 2 rings (SSSR count). The summed E-state index contributed by atoms with van der Waals surface area (Å²) in [6.45, 7) is 0. The van der Waals surface area contributed by atoms with Gasteiger partial charge in [-0.25, -0.2) is 0 Å². The minimum Gasteiger partial charge on any atom is -0.504 e. The number of benzene rings is 2. The molecule has 2 aromatic carbocycles. The highest BCUT2D eigenvalue weighted by Gasteiger charge is 2.14. The van der Waals surface area contributed by atoms with Gasteiger partial charge in [0.25, 0.3) is 0 Å². The monoisotopic (exact) mass is 242 g/mol. The van der Waals surface area contributed by atoms with Crippen LogP contribution in [0.1, 0.15) is 11.1 Å². The standard InChI is InChI=1S/C14H10O4/c15-11-8-10(12(16)14(18)13(11)17)7-6-9-4-2-1-3-5-9/h1-5,8,15-18H. The van der Waals surface area contributed by atoms with E-state index in [0.29, 0.717) is 0 Å². The summed E-state index contributed by atoms with van der Waals surface area (Å²) >= 11 is 0. The van der Waals surface area contributed by atoms with E-state index in [9.17, 15) is 20.4 Å². The van der Waals surface area contributed by atoms with Crippen LogP contribution in [0.3, 0.4) is 0 Å². The van der Waals surface area contributed by atoms with Crippen molar-refractivity contribution in [2.45, 2.75) is 0 Å². The molecule has 0 spiro atoms. The molecule has 18 heavy (non-hydrogen) atoms. The SMILES string of the molecule is Oc1cc(C#Cc2ccccc2)c(O)c(O)c1O. The van der Waals surface area contributed by atoms with Crippen LogP contribution in [-0.4, -0.2) is 20.4 Å². The van der Waals surface area contributed by atoms with Crippen LogP contribution in [0.2, 0.25) is 0 Å². The molecule has 0 unspecified atom stereocenters. The molecule has 4 heteroatoms. The van der Waals surface area contributed by atoms with E-state index in [-0.39, 0.29) is 5.56 Å². The molecular formula is C14H10O4. The smallest absolute Gasteiger partial charge is 0.205 e. The van der Waals surface area contributed by atoms with Gasteiger partial charge in [0, 0.05) is 11.6 Å². The zero-order chi connectivity index (χ0) is 13.1. The summed E-state index contributed by atoms with van der Waals surface area (Å²) in [6, 6.07) is 10.1. The minimum atomic E-state index is -0.785. The minimum absolute atomic E-state index is 0.0339. The van der Waals surface area contributed by atoms with E-state index in [1.54, 1.807) is 12.1 Å². The second-order valence-electron chi connectivity index (χ2n) is 3.61. The van der Waals surface area contributed by atoms with Crippen LogP contribution in [0.15, 0.2) is 36.4 Å². The van der Waals surface area contributed by atoms with Crippen molar-refractivity contribution in [1.82, 2.24) is 0 Å². The lowest BCUT2D eigenvalue weighted by Gasteiger charge is -2.04. The van der Waals surface area contributed by atoms with Gasteiger partial charge in [-0.1, -0.05) is 30.0 Å². The van der Waals surface area contributed by atoms with Crippen molar-refractivity contribution in [3.63, 3.8) is 0 Å². The van der Waals surface area contributed by atoms with Gasteiger partial charge in [-0.2, -0.15) is 0 Å². The molecule has 0 saturated carbocycles. The third-order valence-electron chi connectivity index (χ3n) is 2.34. The van der Waals surface area contributed by atoms with Gasteiger partial charge in [-0.15, -0.1) is 0 Å². The van der Waals surface area contributed by atoms with Gasteiger partial charge in [0.1, 0.15) is 0 Å². The average Bonchev–Trinajstić information content (AvgIpc) is 2.40. The normalized spacial score (nSPS) is 9.56. The second kappa shape index (κ2) is 4.60. The van der Waals surface area contributed by atoms with Gasteiger partial charge in [-0.3, -0.25) is 0 Å². The fraction of sp³-hybridized carbons (Fsp3) is 0. The maximum Gasteiger partial charge on any atom is 0.205 e. The summed E-state index contributed by atoms with van der Waals surface area (Å²) in [5.74, 6) is 2.72.